The van der Waals surface area contributed by atoms with E-state index in [0.29, 0.717) is 29.0 Å². The van der Waals surface area contributed by atoms with Gasteiger partial charge in [0.2, 0.25) is 0 Å². The van der Waals surface area contributed by atoms with Crippen molar-refractivity contribution in [2.24, 2.45) is 0 Å². The Bertz CT molecular complexity index is 1540. The van der Waals surface area contributed by atoms with E-state index in [-0.39, 0.29) is 12.6 Å². The molecule has 2 atom stereocenters. The van der Waals surface area contributed by atoms with Crippen LogP contribution in [0.4, 0.5) is 11.4 Å². The maximum Gasteiger partial charge on any atom is 0.273 e. The van der Waals surface area contributed by atoms with E-state index in [0.717, 1.165) is 42.3 Å². The van der Waals surface area contributed by atoms with Gasteiger partial charge in [-0.25, -0.2) is 13.4 Å². The van der Waals surface area contributed by atoms with E-state index in [1.807, 2.05) is 37.5 Å². The zero-order valence-electron chi connectivity index (χ0n) is 23.1. The quantitative estimate of drug-likeness (QED) is 0.211. The topological polar surface area (TPSA) is 87.7 Å². The maximum atomic E-state index is 13.7. The van der Waals surface area contributed by atoms with Crippen molar-refractivity contribution in [1.82, 2.24) is 14.9 Å². The summed E-state index contributed by atoms with van der Waals surface area (Å²) in [5.74, 6) is 0.470. The minimum Gasteiger partial charge on any atom is -0.380 e. The summed E-state index contributed by atoms with van der Waals surface area (Å²) < 4.78 is 34.7. The summed E-state index contributed by atoms with van der Waals surface area (Å²) >= 11 is 2.98. The first kappa shape index (κ1) is 28.3. The Balaban J connectivity index is 1.18. The van der Waals surface area contributed by atoms with Crippen LogP contribution in [0.25, 0.3) is 0 Å². The molecule has 2 aliphatic heterocycles. The Hall–Kier alpha value is -2.83. The number of rotatable bonds is 11. The molecule has 1 fully saturated rings. The summed E-state index contributed by atoms with van der Waals surface area (Å²) in [6.07, 6.45) is 7.00. The van der Waals surface area contributed by atoms with E-state index in [1.165, 1.54) is 39.1 Å². The van der Waals surface area contributed by atoms with Gasteiger partial charge in [-0.1, -0.05) is 24.3 Å². The van der Waals surface area contributed by atoms with Crippen molar-refractivity contribution < 1.29 is 13.2 Å². The van der Waals surface area contributed by atoms with Crippen LogP contribution in [0.5, 0.6) is 0 Å². The zero-order valence-corrected chi connectivity index (χ0v) is 25.6. The Morgan fingerprint density at radius 3 is 2.88 bits per heavy atom. The zero-order chi connectivity index (χ0) is 28.2. The molecule has 0 saturated carbocycles. The normalized spacial score (nSPS) is 19.1. The summed E-state index contributed by atoms with van der Waals surface area (Å²) in [5, 5.41) is 6.46. The second-order valence-electron chi connectivity index (χ2n) is 10.4. The molecule has 1 saturated heterocycles. The highest BCUT2D eigenvalue weighted by Gasteiger charge is 2.33. The Morgan fingerprint density at radius 2 is 2.07 bits per heavy atom. The van der Waals surface area contributed by atoms with E-state index >= 15 is 0 Å². The third-order valence-corrected chi connectivity index (χ3v) is 12.0. The number of nitrogens with zero attached hydrogens (tertiary/aromatic N) is 4. The molecule has 0 amide bonds. The number of hydrogen-bond donors (Lipinski definition) is 1. The Labute approximate surface area is 250 Å². The highest BCUT2D eigenvalue weighted by molar-refractivity contribution is 7.94. The smallest absolute Gasteiger partial charge is 0.273 e. The van der Waals surface area contributed by atoms with Gasteiger partial charge in [0, 0.05) is 55.0 Å². The Kier molecular flexibility index (Phi) is 8.68. The van der Waals surface area contributed by atoms with E-state index in [4.69, 9.17) is 9.72 Å². The van der Waals surface area contributed by atoms with Gasteiger partial charge in [0.05, 0.1) is 30.6 Å². The van der Waals surface area contributed by atoms with E-state index in [2.05, 4.69) is 33.4 Å². The molecule has 1 aromatic carbocycles. The number of pyridine rings is 1. The van der Waals surface area contributed by atoms with Crippen LogP contribution in [0, 0.1) is 0 Å². The molecule has 1 N–H and O–H groups in total. The number of piperidine rings is 1. The van der Waals surface area contributed by atoms with Gasteiger partial charge in [-0.15, -0.1) is 22.7 Å². The predicted molar refractivity (Wildman–Crippen MR) is 165 cm³/mol. The number of thiophene rings is 1. The summed E-state index contributed by atoms with van der Waals surface area (Å²) in [6.45, 7) is 6.00. The van der Waals surface area contributed by atoms with Crippen molar-refractivity contribution in [3.8, 4) is 0 Å². The van der Waals surface area contributed by atoms with Crippen molar-refractivity contribution in [3.05, 3.63) is 87.4 Å². The van der Waals surface area contributed by atoms with Crippen molar-refractivity contribution in [2.45, 2.75) is 48.9 Å². The standard InChI is InChI=1S/C30H35N5O3S3/c1-2-38-16-15-35(41(36,37)28-12-7-17-39-28)27-11-5-8-22-18-26(33-29(22)27)30-32-19-24(40-30)21-34-14-6-9-23(20-34)25-10-3-4-13-31-25/h3-5,7-8,10-13,17,19,23,26,33H,2,6,9,14-16,18,20-21H2,1H3. The second-order valence-corrected chi connectivity index (χ2v) is 14.6. The SMILES string of the molecule is CCOCCN(c1cccc2c1NC(c1ncc(CN3CCCC(c4ccccn4)C3)s1)C2)S(=O)(=O)c1cccs1. The minimum atomic E-state index is -3.72. The fourth-order valence-corrected chi connectivity index (χ4v) is 9.32. The summed E-state index contributed by atoms with van der Waals surface area (Å²) in [6, 6.07) is 15.5. The number of anilines is 2. The molecule has 0 spiro atoms. The molecule has 0 aliphatic carbocycles. The lowest BCUT2D eigenvalue weighted by Gasteiger charge is -2.32. The average molecular weight is 610 g/mol. The van der Waals surface area contributed by atoms with Gasteiger partial charge >= 0.3 is 0 Å². The van der Waals surface area contributed by atoms with Gasteiger partial charge in [-0.05, 0) is 61.5 Å². The van der Waals surface area contributed by atoms with Crippen LogP contribution in [0.3, 0.4) is 0 Å². The highest BCUT2D eigenvalue weighted by Crippen LogP contribution is 2.43. The first-order valence-corrected chi connectivity index (χ1v) is 17.3. The number of sulfonamides is 1. The van der Waals surface area contributed by atoms with E-state index < -0.39 is 10.0 Å². The molecule has 0 bridgehead atoms. The molecular formula is C30H35N5O3S3. The number of para-hydroxylation sites is 1. The van der Waals surface area contributed by atoms with Crippen molar-refractivity contribution in [3.63, 3.8) is 0 Å². The fourth-order valence-electron chi connectivity index (χ4n) is 5.74. The van der Waals surface area contributed by atoms with Crippen LogP contribution >= 0.6 is 22.7 Å². The lowest BCUT2D eigenvalue weighted by atomic mass is 9.94. The van der Waals surface area contributed by atoms with E-state index in [9.17, 15) is 8.42 Å². The van der Waals surface area contributed by atoms with Gasteiger partial charge < -0.3 is 10.1 Å². The minimum absolute atomic E-state index is 0.00528. The Morgan fingerprint density at radius 1 is 1.15 bits per heavy atom. The molecule has 8 nitrogen and oxygen atoms in total. The summed E-state index contributed by atoms with van der Waals surface area (Å²) in [5.41, 5.74) is 3.80. The van der Waals surface area contributed by atoms with Crippen LogP contribution in [0.1, 0.15) is 52.9 Å². The van der Waals surface area contributed by atoms with Crippen molar-refractivity contribution in [2.75, 3.05) is 42.5 Å². The van der Waals surface area contributed by atoms with Crippen LogP contribution in [-0.2, 0) is 27.7 Å². The average Bonchev–Trinajstić information content (AvgIpc) is 3.77. The highest BCUT2D eigenvalue weighted by atomic mass is 32.2. The second kappa shape index (κ2) is 12.6. The molecule has 41 heavy (non-hydrogen) atoms. The number of thiazole rings is 1. The summed E-state index contributed by atoms with van der Waals surface area (Å²) in [4.78, 5) is 13.2. The van der Waals surface area contributed by atoms with Gasteiger partial charge in [-0.2, -0.15) is 0 Å². The molecule has 2 aliphatic rings. The van der Waals surface area contributed by atoms with Crippen molar-refractivity contribution in [1.29, 1.82) is 0 Å². The molecule has 6 rings (SSSR count). The van der Waals surface area contributed by atoms with Crippen LogP contribution < -0.4 is 9.62 Å². The summed E-state index contributed by atoms with van der Waals surface area (Å²) in [7, 11) is -3.72. The van der Waals surface area contributed by atoms with Crippen molar-refractivity contribution >= 4 is 44.1 Å². The van der Waals surface area contributed by atoms with Gasteiger partial charge in [0.1, 0.15) is 9.22 Å². The molecule has 2 unspecified atom stereocenters. The van der Waals surface area contributed by atoms with Crippen LogP contribution in [-0.4, -0.2) is 56.1 Å². The van der Waals surface area contributed by atoms with Gasteiger partial charge in [-0.3, -0.25) is 14.2 Å². The van der Waals surface area contributed by atoms with Gasteiger partial charge in [0.15, 0.2) is 0 Å². The molecule has 5 heterocycles. The molecule has 4 aromatic rings. The fraction of sp³-hybridized carbons (Fsp3) is 0.400. The van der Waals surface area contributed by atoms with E-state index in [1.54, 1.807) is 28.8 Å². The first-order valence-electron chi connectivity index (χ1n) is 14.1. The number of fused-ring (bicyclic) bond motifs is 1. The number of ether oxygens (including phenoxy) is 1. The van der Waals surface area contributed by atoms with Crippen LogP contribution in [0.15, 0.2) is 70.5 Å². The number of aromatic nitrogens is 2. The van der Waals surface area contributed by atoms with Crippen LogP contribution in [0.2, 0.25) is 0 Å². The lowest BCUT2D eigenvalue weighted by molar-refractivity contribution is 0.156. The molecule has 216 valence electrons. The third kappa shape index (κ3) is 6.19. The third-order valence-electron chi connectivity index (χ3n) is 7.68. The molecule has 0 radical (unpaired) electrons. The first-order chi connectivity index (χ1) is 20.0. The predicted octanol–water partition coefficient (Wildman–Crippen LogP) is 5.92. The maximum absolute atomic E-state index is 13.7. The number of benzene rings is 1. The van der Waals surface area contributed by atoms with Gasteiger partial charge in [0.25, 0.3) is 10.0 Å². The number of likely N-dealkylation sites (tertiary alicyclic amines) is 1. The molecule has 3 aromatic heterocycles. The monoisotopic (exact) mass is 609 g/mol. The molecule has 11 heteroatoms. The molecular weight excluding hydrogens is 575 g/mol. The largest absolute Gasteiger partial charge is 0.380 e. The number of hydrogen-bond acceptors (Lipinski definition) is 9. The number of nitrogens with one attached hydrogen (secondary N) is 1. The lowest BCUT2D eigenvalue weighted by Crippen LogP contribution is -2.34.